The molecular weight excluding hydrogens is 364 g/mol. The summed E-state index contributed by atoms with van der Waals surface area (Å²) < 4.78 is 29.7. The summed E-state index contributed by atoms with van der Waals surface area (Å²) in [5.74, 6) is -0.587. The van der Waals surface area contributed by atoms with E-state index in [4.69, 9.17) is 11.6 Å². The minimum Gasteiger partial charge on any atom is -0.465 e. The van der Waals surface area contributed by atoms with E-state index in [-0.39, 0.29) is 10.5 Å². The highest BCUT2D eigenvalue weighted by Crippen LogP contribution is 2.22. The number of carbonyl (C=O) groups excluding carboxylic acids is 1. The molecule has 8 heteroatoms. The fourth-order valence-corrected chi connectivity index (χ4v) is 3.16. The van der Waals surface area contributed by atoms with Gasteiger partial charge in [-0.15, -0.1) is 0 Å². The number of nitriles is 1. The van der Waals surface area contributed by atoms with Gasteiger partial charge in [0.25, 0.3) is 0 Å². The number of hydrogen-bond acceptors (Lipinski definition) is 6. The van der Waals surface area contributed by atoms with Crippen molar-refractivity contribution in [3.05, 3.63) is 70.2 Å². The number of rotatable bonds is 5. The van der Waals surface area contributed by atoms with Gasteiger partial charge >= 0.3 is 5.97 Å². The summed E-state index contributed by atoms with van der Waals surface area (Å²) in [6.45, 7) is 0. The zero-order valence-electron chi connectivity index (χ0n) is 13.1. The number of allylic oxidation sites excluding steroid dienone is 1. The van der Waals surface area contributed by atoms with Crippen LogP contribution in [0, 0.1) is 11.3 Å². The average Bonchev–Trinajstić information content (AvgIpc) is 2.62. The molecule has 2 rings (SSSR count). The molecule has 2 aromatic rings. The lowest BCUT2D eigenvalue weighted by Gasteiger charge is -2.08. The molecule has 0 aliphatic rings. The number of anilines is 1. The van der Waals surface area contributed by atoms with Crippen LogP contribution in [0.3, 0.4) is 0 Å². The van der Waals surface area contributed by atoms with E-state index in [1.54, 1.807) is 24.3 Å². The number of sulfone groups is 1. The van der Waals surface area contributed by atoms with Gasteiger partial charge < -0.3 is 10.1 Å². The maximum atomic E-state index is 12.5. The molecule has 0 fully saturated rings. The molecule has 0 aliphatic carbocycles. The lowest BCUT2D eigenvalue weighted by atomic mass is 10.2. The minimum absolute atomic E-state index is 0.0623. The van der Waals surface area contributed by atoms with Crippen LogP contribution in [0.15, 0.2) is 64.5 Å². The third kappa shape index (κ3) is 4.18. The Kier molecular flexibility index (Phi) is 5.80. The Hall–Kier alpha value is -2.82. The van der Waals surface area contributed by atoms with Crippen LogP contribution in [0.4, 0.5) is 5.69 Å². The lowest BCUT2D eigenvalue weighted by Crippen LogP contribution is -2.08. The Morgan fingerprint density at radius 3 is 2.44 bits per heavy atom. The third-order valence-corrected chi connectivity index (χ3v) is 5.15. The van der Waals surface area contributed by atoms with Crippen LogP contribution in [0.25, 0.3) is 0 Å². The van der Waals surface area contributed by atoms with Crippen molar-refractivity contribution >= 4 is 33.1 Å². The van der Waals surface area contributed by atoms with E-state index in [2.05, 4.69) is 10.1 Å². The van der Waals surface area contributed by atoms with Crippen molar-refractivity contribution in [1.29, 1.82) is 5.26 Å². The first-order chi connectivity index (χ1) is 11.9. The molecule has 0 unspecified atom stereocenters. The largest absolute Gasteiger partial charge is 0.465 e. The van der Waals surface area contributed by atoms with E-state index in [9.17, 15) is 18.5 Å². The van der Waals surface area contributed by atoms with Crippen molar-refractivity contribution in [3.8, 4) is 6.07 Å². The fraction of sp³-hybridized carbons (Fsp3) is 0.0588. The Morgan fingerprint density at radius 2 is 1.84 bits per heavy atom. The van der Waals surface area contributed by atoms with Crippen LogP contribution in [0.1, 0.15) is 10.4 Å². The van der Waals surface area contributed by atoms with Crippen molar-refractivity contribution in [2.24, 2.45) is 0 Å². The van der Waals surface area contributed by atoms with Crippen LogP contribution in [-0.4, -0.2) is 21.5 Å². The zero-order chi connectivity index (χ0) is 18.4. The molecule has 25 heavy (non-hydrogen) atoms. The first-order valence-corrected chi connectivity index (χ1v) is 8.81. The highest BCUT2D eigenvalue weighted by atomic mass is 35.5. The molecular formula is C17H13ClN2O4S. The molecule has 0 spiro atoms. The van der Waals surface area contributed by atoms with E-state index in [0.717, 1.165) is 6.20 Å². The van der Waals surface area contributed by atoms with Gasteiger partial charge in [-0.05, 0) is 36.4 Å². The number of methoxy groups -OCH3 is 1. The van der Waals surface area contributed by atoms with Crippen molar-refractivity contribution < 1.29 is 17.9 Å². The van der Waals surface area contributed by atoms with Crippen LogP contribution in [0.5, 0.6) is 0 Å². The Morgan fingerprint density at radius 1 is 1.20 bits per heavy atom. The van der Waals surface area contributed by atoms with Gasteiger partial charge in [0, 0.05) is 11.2 Å². The number of halogens is 1. The predicted octanol–water partition coefficient (Wildman–Crippen LogP) is 3.38. The second-order valence-corrected chi connectivity index (χ2v) is 7.11. The Labute approximate surface area is 150 Å². The molecule has 0 amide bonds. The molecule has 2 aromatic carbocycles. The average molecular weight is 377 g/mol. The molecule has 0 heterocycles. The highest BCUT2D eigenvalue weighted by molar-refractivity contribution is 7.95. The van der Waals surface area contributed by atoms with E-state index < -0.39 is 20.7 Å². The van der Waals surface area contributed by atoms with Crippen LogP contribution < -0.4 is 5.32 Å². The standard InChI is InChI=1S/C17H13ClN2O4S/c1-24-17(21)15-4-2-3-5-16(15)20-11-14(10-19)25(22,23)13-8-6-12(18)7-9-13/h2-9,11,20H,1H3/b14-11+. The van der Waals surface area contributed by atoms with Gasteiger partial charge in [0.15, 0.2) is 4.91 Å². The first kappa shape index (κ1) is 18.5. The third-order valence-electron chi connectivity index (χ3n) is 3.21. The topological polar surface area (TPSA) is 96.3 Å². The van der Waals surface area contributed by atoms with Crippen molar-refractivity contribution in [2.75, 3.05) is 12.4 Å². The monoisotopic (exact) mass is 376 g/mol. The van der Waals surface area contributed by atoms with Crippen LogP contribution in [-0.2, 0) is 14.6 Å². The second kappa shape index (κ2) is 7.83. The number of esters is 1. The van der Waals surface area contributed by atoms with Gasteiger partial charge in [-0.2, -0.15) is 5.26 Å². The molecule has 0 saturated heterocycles. The van der Waals surface area contributed by atoms with E-state index in [1.807, 2.05) is 0 Å². The van der Waals surface area contributed by atoms with Crippen molar-refractivity contribution in [1.82, 2.24) is 0 Å². The van der Waals surface area contributed by atoms with Gasteiger partial charge in [0.2, 0.25) is 9.84 Å². The number of hydrogen-bond donors (Lipinski definition) is 1. The molecule has 0 aliphatic heterocycles. The van der Waals surface area contributed by atoms with E-state index in [0.29, 0.717) is 10.7 Å². The van der Waals surface area contributed by atoms with Gasteiger partial charge in [0.05, 0.1) is 23.3 Å². The smallest absolute Gasteiger partial charge is 0.339 e. The highest BCUT2D eigenvalue weighted by Gasteiger charge is 2.21. The predicted molar refractivity (Wildman–Crippen MR) is 93.7 cm³/mol. The number of para-hydroxylation sites is 1. The zero-order valence-corrected chi connectivity index (χ0v) is 14.6. The van der Waals surface area contributed by atoms with E-state index >= 15 is 0 Å². The van der Waals surface area contributed by atoms with Gasteiger partial charge in [-0.1, -0.05) is 23.7 Å². The summed E-state index contributed by atoms with van der Waals surface area (Å²) in [6, 6.07) is 13.5. The van der Waals surface area contributed by atoms with Gasteiger partial charge in [0.1, 0.15) is 6.07 Å². The SMILES string of the molecule is COC(=O)c1ccccc1N/C=C(\C#N)S(=O)(=O)c1ccc(Cl)cc1. The summed E-state index contributed by atoms with van der Waals surface area (Å²) in [5.41, 5.74) is 0.524. The number of benzene rings is 2. The van der Waals surface area contributed by atoms with Crippen molar-refractivity contribution in [2.45, 2.75) is 4.90 Å². The second-order valence-electron chi connectivity index (χ2n) is 4.76. The number of carbonyl (C=O) groups is 1. The molecule has 6 nitrogen and oxygen atoms in total. The summed E-state index contributed by atoms with van der Waals surface area (Å²) in [7, 11) is -2.78. The Balaban J connectivity index is 2.38. The maximum Gasteiger partial charge on any atom is 0.339 e. The van der Waals surface area contributed by atoms with E-state index in [1.165, 1.54) is 37.4 Å². The number of nitrogens with one attached hydrogen (secondary N) is 1. The minimum atomic E-state index is -4.01. The van der Waals surface area contributed by atoms with Crippen LogP contribution in [0.2, 0.25) is 5.02 Å². The molecule has 128 valence electrons. The number of nitrogens with zero attached hydrogens (tertiary/aromatic N) is 1. The number of ether oxygens (including phenoxy) is 1. The van der Waals surface area contributed by atoms with Crippen molar-refractivity contribution in [3.63, 3.8) is 0 Å². The van der Waals surface area contributed by atoms with Gasteiger partial charge in [-0.25, -0.2) is 13.2 Å². The molecule has 0 bridgehead atoms. The summed E-state index contributed by atoms with van der Waals surface area (Å²) >= 11 is 5.75. The first-order valence-electron chi connectivity index (χ1n) is 6.95. The quantitative estimate of drug-likeness (QED) is 0.634. The molecule has 0 saturated carbocycles. The molecule has 0 aromatic heterocycles. The molecule has 1 N–H and O–H groups in total. The Bertz CT molecular complexity index is 961. The fourth-order valence-electron chi connectivity index (χ4n) is 1.95. The van der Waals surface area contributed by atoms with Gasteiger partial charge in [-0.3, -0.25) is 0 Å². The summed E-state index contributed by atoms with van der Waals surface area (Å²) in [6.07, 6.45) is 1.03. The molecule has 0 radical (unpaired) electrons. The lowest BCUT2D eigenvalue weighted by molar-refractivity contribution is 0.0602. The normalized spacial score (nSPS) is 11.5. The molecule has 0 atom stereocenters. The summed E-state index contributed by atoms with van der Waals surface area (Å²) in [5, 5.41) is 12.3. The summed E-state index contributed by atoms with van der Waals surface area (Å²) in [4.78, 5) is 11.2. The maximum absolute atomic E-state index is 12.5. The van der Waals surface area contributed by atoms with Crippen LogP contribution >= 0.6 is 11.6 Å².